The van der Waals surface area contributed by atoms with Crippen molar-refractivity contribution in [1.29, 1.82) is 0 Å². The highest BCUT2D eigenvalue weighted by Crippen LogP contribution is 2.33. The first-order valence-electron chi connectivity index (χ1n) is 8.36. The molecular formula is C19H20N2O5. The van der Waals surface area contributed by atoms with Crippen molar-refractivity contribution < 1.29 is 24.8 Å². The van der Waals surface area contributed by atoms with E-state index in [1.54, 1.807) is 18.0 Å². The molecule has 4 rings (SSSR count). The molecule has 7 nitrogen and oxygen atoms in total. The van der Waals surface area contributed by atoms with Crippen LogP contribution >= 0.6 is 0 Å². The summed E-state index contributed by atoms with van der Waals surface area (Å²) >= 11 is 0. The molecule has 1 saturated heterocycles. The number of ether oxygens (including phenoxy) is 2. The molecule has 1 aliphatic heterocycles. The van der Waals surface area contributed by atoms with Crippen LogP contribution < -0.4 is 4.74 Å². The van der Waals surface area contributed by atoms with Crippen LogP contribution in [0, 0.1) is 0 Å². The Morgan fingerprint density at radius 3 is 2.46 bits per heavy atom. The lowest BCUT2D eigenvalue weighted by atomic mass is 10.0. The Hall–Kier alpha value is -2.45. The fourth-order valence-electron chi connectivity index (χ4n) is 3.31. The normalized spacial score (nSPS) is 25.7. The van der Waals surface area contributed by atoms with E-state index >= 15 is 0 Å². The summed E-state index contributed by atoms with van der Waals surface area (Å²) < 4.78 is 12.4. The second-order valence-corrected chi connectivity index (χ2v) is 6.31. The van der Waals surface area contributed by atoms with Gasteiger partial charge in [0.25, 0.3) is 0 Å². The van der Waals surface area contributed by atoms with Crippen LogP contribution in [0.15, 0.2) is 48.8 Å². The molecule has 1 fully saturated rings. The fourth-order valence-corrected chi connectivity index (χ4v) is 3.31. The molecule has 0 radical (unpaired) electrons. The topological polar surface area (TPSA) is 97.0 Å². The maximum absolute atomic E-state index is 10.2. The van der Waals surface area contributed by atoms with Gasteiger partial charge in [0.1, 0.15) is 24.1 Å². The molecule has 0 aliphatic carbocycles. The van der Waals surface area contributed by atoms with E-state index in [1.807, 2.05) is 42.5 Å². The molecule has 0 unspecified atom stereocenters. The number of imidazole rings is 1. The third-order valence-electron chi connectivity index (χ3n) is 4.79. The summed E-state index contributed by atoms with van der Waals surface area (Å²) in [5.41, 5.74) is 3.56. The lowest BCUT2D eigenvalue weighted by Crippen LogP contribution is -2.33. The largest absolute Gasteiger partial charge is 0.497 e. The highest BCUT2D eigenvalue weighted by atomic mass is 16.6. The van der Waals surface area contributed by atoms with Crippen LogP contribution in [0.1, 0.15) is 6.23 Å². The van der Waals surface area contributed by atoms with Gasteiger partial charge in [0.2, 0.25) is 0 Å². The van der Waals surface area contributed by atoms with Crippen molar-refractivity contribution in [3.05, 3.63) is 48.8 Å². The van der Waals surface area contributed by atoms with Crippen LogP contribution in [0.25, 0.3) is 22.2 Å². The maximum Gasteiger partial charge on any atom is 0.164 e. The monoisotopic (exact) mass is 356 g/mol. The number of aliphatic hydroxyl groups excluding tert-OH is 3. The first-order chi connectivity index (χ1) is 12.6. The summed E-state index contributed by atoms with van der Waals surface area (Å²) in [6, 6.07) is 13.6. The predicted molar refractivity (Wildman–Crippen MR) is 94.7 cm³/mol. The number of hydrogen-bond acceptors (Lipinski definition) is 6. The molecule has 0 amide bonds. The van der Waals surface area contributed by atoms with Crippen molar-refractivity contribution in [3.8, 4) is 16.9 Å². The Labute approximate surface area is 150 Å². The SMILES string of the molecule is COc1ccc(-c2ccc3c(c2)ncn3[C@@H]2O[C@H](CO)[C@@H](O)[C@H]2O)cc1. The van der Waals surface area contributed by atoms with Gasteiger partial charge in [0.05, 0.1) is 31.1 Å². The molecule has 0 saturated carbocycles. The molecule has 7 heteroatoms. The number of fused-ring (bicyclic) bond motifs is 1. The second kappa shape index (κ2) is 6.69. The molecule has 3 aromatic rings. The number of methoxy groups -OCH3 is 1. The van der Waals surface area contributed by atoms with E-state index in [0.29, 0.717) is 0 Å². The summed E-state index contributed by atoms with van der Waals surface area (Å²) in [6.07, 6.45) is -2.31. The number of benzene rings is 2. The van der Waals surface area contributed by atoms with E-state index in [9.17, 15) is 15.3 Å². The molecule has 26 heavy (non-hydrogen) atoms. The Bertz CT molecular complexity index is 908. The third-order valence-corrected chi connectivity index (χ3v) is 4.79. The Balaban J connectivity index is 1.67. The van der Waals surface area contributed by atoms with Crippen molar-refractivity contribution in [2.45, 2.75) is 24.5 Å². The average molecular weight is 356 g/mol. The molecule has 1 aliphatic rings. The standard InChI is InChI=1S/C19H20N2O5/c1-25-13-5-2-11(3-6-13)12-4-7-15-14(8-12)20-10-21(15)19-18(24)17(23)16(9-22)26-19/h2-8,10,16-19,22-24H,9H2,1H3/t16-,17-,18-,19-/m1/s1. The summed E-state index contributed by atoms with van der Waals surface area (Å²) in [7, 11) is 1.63. The number of hydrogen-bond donors (Lipinski definition) is 3. The van der Waals surface area contributed by atoms with Crippen molar-refractivity contribution >= 4 is 11.0 Å². The average Bonchev–Trinajstić information content (AvgIpc) is 3.22. The van der Waals surface area contributed by atoms with Crippen LogP contribution in [0.2, 0.25) is 0 Å². The summed E-state index contributed by atoms with van der Waals surface area (Å²) in [4.78, 5) is 4.40. The highest BCUT2D eigenvalue weighted by molar-refractivity contribution is 5.82. The van der Waals surface area contributed by atoms with Gasteiger partial charge in [-0.2, -0.15) is 0 Å². The second-order valence-electron chi connectivity index (χ2n) is 6.31. The van der Waals surface area contributed by atoms with Crippen LogP contribution in [-0.2, 0) is 4.74 Å². The number of aromatic nitrogens is 2. The van der Waals surface area contributed by atoms with Crippen LogP contribution in [0.5, 0.6) is 5.75 Å². The van der Waals surface area contributed by atoms with E-state index < -0.39 is 24.5 Å². The lowest BCUT2D eigenvalue weighted by molar-refractivity contribution is -0.0508. The molecule has 3 N–H and O–H groups in total. The smallest absolute Gasteiger partial charge is 0.164 e. The molecule has 0 spiro atoms. The van der Waals surface area contributed by atoms with Gasteiger partial charge >= 0.3 is 0 Å². The summed E-state index contributed by atoms with van der Waals surface area (Å²) in [6.45, 7) is -0.358. The van der Waals surface area contributed by atoms with E-state index in [1.165, 1.54) is 0 Å². The number of rotatable bonds is 4. The van der Waals surface area contributed by atoms with Crippen molar-refractivity contribution in [3.63, 3.8) is 0 Å². The van der Waals surface area contributed by atoms with E-state index in [2.05, 4.69) is 4.98 Å². The minimum atomic E-state index is -1.14. The van der Waals surface area contributed by atoms with Gasteiger partial charge < -0.3 is 29.4 Å². The van der Waals surface area contributed by atoms with Crippen molar-refractivity contribution in [1.82, 2.24) is 9.55 Å². The van der Waals surface area contributed by atoms with Gasteiger partial charge in [-0.25, -0.2) is 4.98 Å². The van der Waals surface area contributed by atoms with Gasteiger partial charge in [-0.1, -0.05) is 18.2 Å². The summed E-state index contributed by atoms with van der Waals surface area (Å²) in [5, 5.41) is 29.4. The molecule has 4 atom stereocenters. The highest BCUT2D eigenvalue weighted by Gasteiger charge is 2.43. The molecule has 1 aromatic heterocycles. The molecule has 2 aromatic carbocycles. The minimum absolute atomic E-state index is 0.358. The Morgan fingerprint density at radius 1 is 1.08 bits per heavy atom. The molecule has 0 bridgehead atoms. The molecule has 2 heterocycles. The van der Waals surface area contributed by atoms with E-state index in [4.69, 9.17) is 9.47 Å². The van der Waals surface area contributed by atoms with Gasteiger partial charge in [-0.15, -0.1) is 0 Å². The quantitative estimate of drug-likeness (QED) is 0.652. The molecule has 136 valence electrons. The third kappa shape index (κ3) is 2.75. The van der Waals surface area contributed by atoms with Gasteiger partial charge in [0, 0.05) is 0 Å². The lowest BCUT2D eigenvalue weighted by Gasteiger charge is -2.17. The van der Waals surface area contributed by atoms with Crippen molar-refractivity contribution in [2.75, 3.05) is 13.7 Å². The Kier molecular flexibility index (Phi) is 4.37. The van der Waals surface area contributed by atoms with Gasteiger partial charge in [-0.3, -0.25) is 0 Å². The Morgan fingerprint density at radius 2 is 1.81 bits per heavy atom. The van der Waals surface area contributed by atoms with Crippen LogP contribution in [0.3, 0.4) is 0 Å². The van der Waals surface area contributed by atoms with E-state index in [0.717, 1.165) is 27.9 Å². The van der Waals surface area contributed by atoms with Crippen LogP contribution in [0.4, 0.5) is 0 Å². The molecular weight excluding hydrogens is 336 g/mol. The number of aliphatic hydroxyl groups is 3. The first kappa shape index (κ1) is 17.0. The summed E-state index contributed by atoms with van der Waals surface area (Å²) in [5.74, 6) is 0.795. The minimum Gasteiger partial charge on any atom is -0.497 e. The number of nitrogens with zero attached hydrogens (tertiary/aromatic N) is 2. The zero-order valence-corrected chi connectivity index (χ0v) is 14.2. The van der Waals surface area contributed by atoms with Gasteiger partial charge in [0.15, 0.2) is 6.23 Å². The zero-order valence-electron chi connectivity index (χ0n) is 14.2. The zero-order chi connectivity index (χ0) is 18.3. The predicted octanol–water partition coefficient (Wildman–Crippen LogP) is 1.32. The first-order valence-corrected chi connectivity index (χ1v) is 8.36. The maximum atomic E-state index is 10.2. The van der Waals surface area contributed by atoms with Crippen LogP contribution in [-0.4, -0.2) is 56.9 Å². The van der Waals surface area contributed by atoms with Gasteiger partial charge in [-0.05, 0) is 35.4 Å². The van der Waals surface area contributed by atoms with E-state index in [-0.39, 0.29) is 6.61 Å². The fraction of sp³-hybridized carbons (Fsp3) is 0.316. The van der Waals surface area contributed by atoms with Crippen molar-refractivity contribution in [2.24, 2.45) is 0 Å².